The number of piperidine rings is 1. The van der Waals surface area contributed by atoms with Crippen molar-refractivity contribution in [1.29, 1.82) is 0 Å². The van der Waals surface area contributed by atoms with Gasteiger partial charge in [-0.3, -0.25) is 4.79 Å². The van der Waals surface area contributed by atoms with E-state index in [4.69, 9.17) is 0 Å². The average Bonchev–Trinajstić information content (AvgIpc) is 2.15. The van der Waals surface area contributed by atoms with E-state index in [1.165, 1.54) is 32.4 Å². The molecule has 1 fully saturated rings. The maximum Gasteiger partial charge on any atom is 0.223 e. The van der Waals surface area contributed by atoms with E-state index in [2.05, 4.69) is 4.90 Å². The Morgan fingerprint density at radius 2 is 1.85 bits per heavy atom. The number of rotatable bonds is 3. The van der Waals surface area contributed by atoms with Crippen LogP contribution in [-0.2, 0) is 4.79 Å². The maximum absolute atomic E-state index is 11.3. The molecule has 0 aliphatic carbocycles. The fraction of sp³-hybridized carbons (Fsp3) is 0.900. The van der Waals surface area contributed by atoms with Crippen molar-refractivity contribution in [3.05, 3.63) is 0 Å². The number of likely N-dealkylation sites (tertiary alicyclic amines) is 1. The molecular formula is C10H20N2O. The molecule has 1 heterocycles. The van der Waals surface area contributed by atoms with Gasteiger partial charge in [0, 0.05) is 27.1 Å². The summed E-state index contributed by atoms with van der Waals surface area (Å²) in [7, 11) is 3.64. The summed E-state index contributed by atoms with van der Waals surface area (Å²) in [5.74, 6) is 0.241. The molecule has 0 atom stereocenters. The largest absolute Gasteiger partial charge is 0.349 e. The van der Waals surface area contributed by atoms with Gasteiger partial charge in [-0.05, 0) is 25.9 Å². The highest BCUT2D eigenvalue weighted by molar-refractivity contribution is 5.75. The van der Waals surface area contributed by atoms with Gasteiger partial charge in [0.2, 0.25) is 5.91 Å². The molecule has 3 nitrogen and oxygen atoms in total. The predicted molar refractivity (Wildman–Crippen MR) is 53.6 cm³/mol. The number of hydrogen-bond donors (Lipinski definition) is 0. The quantitative estimate of drug-likeness (QED) is 0.652. The first kappa shape index (κ1) is 10.5. The molecule has 3 heteroatoms. The van der Waals surface area contributed by atoms with E-state index in [9.17, 15) is 4.79 Å². The lowest BCUT2D eigenvalue weighted by Crippen LogP contribution is -2.33. The van der Waals surface area contributed by atoms with Crippen molar-refractivity contribution in [3.63, 3.8) is 0 Å². The van der Waals surface area contributed by atoms with Gasteiger partial charge in [0.1, 0.15) is 0 Å². The standard InChI is InChI=1S/C10H20N2O/c1-11(2)10(13)6-9-12-7-4-3-5-8-12/h3-9H2,1-2H3. The third-order valence-electron chi connectivity index (χ3n) is 2.59. The molecule has 0 saturated carbocycles. The van der Waals surface area contributed by atoms with E-state index < -0.39 is 0 Å². The van der Waals surface area contributed by atoms with Crippen molar-refractivity contribution in [2.45, 2.75) is 25.7 Å². The molecule has 1 saturated heterocycles. The summed E-state index contributed by atoms with van der Waals surface area (Å²) in [4.78, 5) is 15.3. The van der Waals surface area contributed by atoms with Crippen molar-refractivity contribution in [3.8, 4) is 0 Å². The highest BCUT2D eigenvalue weighted by Crippen LogP contribution is 2.08. The summed E-state index contributed by atoms with van der Waals surface area (Å²) in [5.41, 5.74) is 0. The van der Waals surface area contributed by atoms with Crippen LogP contribution in [0.25, 0.3) is 0 Å². The molecule has 0 aromatic rings. The van der Waals surface area contributed by atoms with Crippen molar-refractivity contribution < 1.29 is 4.79 Å². The van der Waals surface area contributed by atoms with Crippen molar-refractivity contribution >= 4 is 5.91 Å². The second-order valence-electron chi connectivity index (χ2n) is 3.94. The number of carbonyl (C=O) groups is 1. The van der Waals surface area contributed by atoms with Crippen LogP contribution in [0.15, 0.2) is 0 Å². The average molecular weight is 184 g/mol. The zero-order valence-corrected chi connectivity index (χ0v) is 8.75. The minimum absolute atomic E-state index is 0.241. The molecule has 0 spiro atoms. The van der Waals surface area contributed by atoms with Crippen LogP contribution in [-0.4, -0.2) is 49.4 Å². The molecular weight excluding hydrogens is 164 g/mol. The van der Waals surface area contributed by atoms with E-state index in [0.717, 1.165) is 6.54 Å². The van der Waals surface area contributed by atoms with Gasteiger partial charge >= 0.3 is 0 Å². The Kier molecular flexibility index (Phi) is 4.22. The lowest BCUT2D eigenvalue weighted by Gasteiger charge is -2.26. The smallest absolute Gasteiger partial charge is 0.223 e. The lowest BCUT2D eigenvalue weighted by molar-refractivity contribution is -0.129. The molecule has 1 aliphatic rings. The van der Waals surface area contributed by atoms with Gasteiger partial charge in [0.15, 0.2) is 0 Å². The summed E-state index contributed by atoms with van der Waals surface area (Å²) < 4.78 is 0. The molecule has 13 heavy (non-hydrogen) atoms. The van der Waals surface area contributed by atoms with Crippen LogP contribution in [0, 0.1) is 0 Å². The van der Waals surface area contributed by atoms with Crippen molar-refractivity contribution in [2.75, 3.05) is 33.7 Å². The lowest BCUT2D eigenvalue weighted by atomic mass is 10.1. The molecule has 0 aromatic heterocycles. The third kappa shape index (κ3) is 3.77. The van der Waals surface area contributed by atoms with Crippen LogP contribution in [0.1, 0.15) is 25.7 Å². The Hall–Kier alpha value is -0.570. The monoisotopic (exact) mass is 184 g/mol. The molecule has 76 valence electrons. The second kappa shape index (κ2) is 5.22. The van der Waals surface area contributed by atoms with Crippen LogP contribution in [0.2, 0.25) is 0 Å². The van der Waals surface area contributed by atoms with Crippen molar-refractivity contribution in [1.82, 2.24) is 9.80 Å². The SMILES string of the molecule is CN(C)C(=O)CCN1CCCCC1. The van der Waals surface area contributed by atoms with E-state index in [1.807, 2.05) is 14.1 Å². The predicted octanol–water partition coefficient (Wildman–Crippen LogP) is 0.951. The molecule has 0 aromatic carbocycles. The molecule has 1 aliphatic heterocycles. The van der Waals surface area contributed by atoms with Gasteiger partial charge in [0.05, 0.1) is 0 Å². The Morgan fingerprint density at radius 1 is 1.23 bits per heavy atom. The zero-order chi connectivity index (χ0) is 9.68. The number of amides is 1. The first-order valence-corrected chi connectivity index (χ1v) is 5.12. The molecule has 0 unspecified atom stereocenters. The van der Waals surface area contributed by atoms with Crippen LogP contribution in [0.3, 0.4) is 0 Å². The normalized spacial score (nSPS) is 18.6. The van der Waals surface area contributed by atoms with E-state index >= 15 is 0 Å². The molecule has 0 bridgehead atoms. The van der Waals surface area contributed by atoms with Crippen LogP contribution >= 0.6 is 0 Å². The Bertz CT molecular complexity index is 162. The fourth-order valence-electron chi connectivity index (χ4n) is 1.66. The highest BCUT2D eigenvalue weighted by Gasteiger charge is 2.11. The van der Waals surface area contributed by atoms with Crippen LogP contribution in [0.5, 0.6) is 0 Å². The Balaban J connectivity index is 2.13. The first-order valence-electron chi connectivity index (χ1n) is 5.12. The number of nitrogens with zero attached hydrogens (tertiary/aromatic N) is 2. The first-order chi connectivity index (χ1) is 6.20. The van der Waals surface area contributed by atoms with Gasteiger partial charge < -0.3 is 9.80 Å². The Labute approximate surface area is 80.7 Å². The van der Waals surface area contributed by atoms with Gasteiger partial charge in [-0.2, -0.15) is 0 Å². The molecule has 1 amide bonds. The molecule has 0 N–H and O–H groups in total. The van der Waals surface area contributed by atoms with E-state index in [1.54, 1.807) is 4.90 Å². The fourth-order valence-corrected chi connectivity index (χ4v) is 1.66. The maximum atomic E-state index is 11.3. The summed E-state index contributed by atoms with van der Waals surface area (Å²) in [6.45, 7) is 3.30. The molecule has 0 radical (unpaired) electrons. The van der Waals surface area contributed by atoms with Gasteiger partial charge in [-0.1, -0.05) is 6.42 Å². The Morgan fingerprint density at radius 3 is 2.38 bits per heavy atom. The topological polar surface area (TPSA) is 23.6 Å². The zero-order valence-electron chi connectivity index (χ0n) is 8.75. The summed E-state index contributed by atoms with van der Waals surface area (Å²) in [6, 6.07) is 0. The van der Waals surface area contributed by atoms with Crippen molar-refractivity contribution in [2.24, 2.45) is 0 Å². The van der Waals surface area contributed by atoms with Gasteiger partial charge in [-0.25, -0.2) is 0 Å². The molecule has 1 rings (SSSR count). The van der Waals surface area contributed by atoms with Crippen LogP contribution < -0.4 is 0 Å². The number of carbonyl (C=O) groups excluding carboxylic acids is 1. The summed E-state index contributed by atoms with van der Waals surface area (Å²) in [5, 5.41) is 0. The summed E-state index contributed by atoms with van der Waals surface area (Å²) >= 11 is 0. The minimum Gasteiger partial charge on any atom is -0.349 e. The second-order valence-corrected chi connectivity index (χ2v) is 3.94. The summed E-state index contributed by atoms with van der Waals surface area (Å²) in [6.07, 6.45) is 4.64. The number of hydrogen-bond acceptors (Lipinski definition) is 2. The minimum atomic E-state index is 0.241. The third-order valence-corrected chi connectivity index (χ3v) is 2.59. The van der Waals surface area contributed by atoms with Crippen LogP contribution in [0.4, 0.5) is 0 Å². The van der Waals surface area contributed by atoms with Gasteiger partial charge in [0.25, 0.3) is 0 Å². The highest BCUT2D eigenvalue weighted by atomic mass is 16.2. The van der Waals surface area contributed by atoms with E-state index in [0.29, 0.717) is 6.42 Å². The van der Waals surface area contributed by atoms with E-state index in [-0.39, 0.29) is 5.91 Å². The van der Waals surface area contributed by atoms with Gasteiger partial charge in [-0.15, -0.1) is 0 Å².